The molecular weight excluding hydrogens is 756 g/mol. The molecule has 0 N–H and O–H groups in total. The highest BCUT2D eigenvalue weighted by Gasteiger charge is 2.33. The van der Waals surface area contributed by atoms with Crippen LogP contribution in [0.2, 0.25) is 20.1 Å². The fourth-order valence-electron chi connectivity index (χ4n) is 6.86. The molecule has 0 amide bonds. The minimum atomic E-state index is -0.372. The Balaban J connectivity index is 0.990. The number of unbranched alkanes of at least 4 members (excludes halogenated alkanes) is 3. The van der Waals surface area contributed by atoms with Gasteiger partial charge in [0.15, 0.2) is 0 Å². The molecule has 254 valence electrons. The summed E-state index contributed by atoms with van der Waals surface area (Å²) in [6, 6.07) is 14.8. The molecule has 0 spiro atoms. The summed E-state index contributed by atoms with van der Waals surface area (Å²) in [5.41, 5.74) is 7.74. The predicted octanol–water partition coefficient (Wildman–Crippen LogP) is 13.4. The highest BCUT2D eigenvalue weighted by molar-refractivity contribution is 7.16. The van der Waals surface area contributed by atoms with E-state index >= 15 is 8.78 Å². The van der Waals surface area contributed by atoms with E-state index in [4.69, 9.17) is 56.6 Å². The number of fused-ring (bicyclic) bond motifs is 6. The first-order chi connectivity index (χ1) is 24.1. The summed E-state index contributed by atoms with van der Waals surface area (Å²) in [5, 5.41) is 11.4. The Morgan fingerprint density at radius 2 is 1.10 bits per heavy atom. The molecule has 0 aliphatic heterocycles. The first kappa shape index (κ1) is 33.9. The molecule has 2 aliphatic carbocycles. The number of aryl methyl sites for hydroxylation is 2. The molecule has 6 aromatic rings. The minimum Gasteiger partial charge on any atom is -0.230 e. The second-order valence-corrected chi connectivity index (χ2v) is 16.7. The quantitative estimate of drug-likeness (QED) is 0.137. The van der Waals surface area contributed by atoms with Crippen molar-refractivity contribution < 1.29 is 8.78 Å². The summed E-state index contributed by atoms with van der Waals surface area (Å²) in [6.07, 6.45) is 6.72. The van der Waals surface area contributed by atoms with E-state index in [1.807, 2.05) is 0 Å². The van der Waals surface area contributed by atoms with Gasteiger partial charge in [-0.05, 0) is 111 Å². The van der Waals surface area contributed by atoms with Crippen LogP contribution in [0.25, 0.3) is 44.2 Å². The predicted molar refractivity (Wildman–Crippen MR) is 206 cm³/mol. The highest BCUT2D eigenvalue weighted by atomic mass is 35.5. The third-order valence-electron chi connectivity index (χ3n) is 9.03. The fraction of sp³-hybridized carbons (Fsp3) is 0.211. The Morgan fingerprint density at radius 3 is 1.50 bits per heavy atom. The van der Waals surface area contributed by atoms with E-state index in [9.17, 15) is 0 Å². The van der Waals surface area contributed by atoms with Crippen LogP contribution in [0.15, 0.2) is 60.7 Å². The van der Waals surface area contributed by atoms with Gasteiger partial charge in [0.2, 0.25) is 0 Å². The van der Waals surface area contributed by atoms with Gasteiger partial charge in [-0.2, -0.15) is 10.2 Å². The molecular formula is C38H28Cl4F2N4S2. The molecule has 8 rings (SSSR count). The SMILES string of the molecule is Cc1cc2c(s1)-c1c(c(/C(F)=C/CCCC/C=C(\F)c3nn(-c4ccc(Cl)cc4Cl)c4c3Cc3cc(C)sc3-4)nn1-c1ccc(Cl)cc1Cl)C2. The number of nitrogens with zero attached hydrogens (tertiary/aromatic N) is 4. The summed E-state index contributed by atoms with van der Waals surface area (Å²) in [5.74, 6) is -0.744. The van der Waals surface area contributed by atoms with Gasteiger partial charge in [-0.15, -0.1) is 22.7 Å². The van der Waals surface area contributed by atoms with Gasteiger partial charge in [0, 0.05) is 43.8 Å². The van der Waals surface area contributed by atoms with E-state index in [0.29, 0.717) is 81.4 Å². The molecule has 0 unspecified atom stereocenters. The molecule has 4 heterocycles. The zero-order chi connectivity index (χ0) is 34.8. The van der Waals surface area contributed by atoms with Crippen molar-refractivity contribution in [3.8, 4) is 32.5 Å². The molecule has 0 radical (unpaired) electrons. The average molecular weight is 785 g/mol. The van der Waals surface area contributed by atoms with Crippen molar-refractivity contribution in [3.05, 3.63) is 124 Å². The summed E-state index contributed by atoms with van der Waals surface area (Å²) in [7, 11) is 0. The largest absolute Gasteiger partial charge is 0.230 e. The summed E-state index contributed by atoms with van der Waals surface area (Å²) >= 11 is 28.8. The lowest BCUT2D eigenvalue weighted by Crippen LogP contribution is -2.00. The molecule has 0 saturated heterocycles. The molecule has 2 aromatic carbocycles. The standard InChI is InChI=1S/C38H28Cl4F2N4S2/c1-19-13-21-15-25-33(45-47(35(25)37(21)49-19)31-11-9-23(39)17-27(31)41)29(43)7-5-3-4-6-8-30(44)34-26-16-22-14-20(2)50-38(22)36(26)48(46-34)32-12-10-24(40)18-28(32)42/h7-14,17-18H,3-6,15-16H2,1-2H3/b29-7-,30-8-. The van der Waals surface area contributed by atoms with Crippen LogP contribution in [-0.2, 0) is 12.8 Å². The van der Waals surface area contributed by atoms with Crippen LogP contribution in [0.4, 0.5) is 8.78 Å². The monoisotopic (exact) mass is 782 g/mol. The second-order valence-electron chi connectivity index (χ2n) is 12.5. The van der Waals surface area contributed by atoms with Gasteiger partial charge in [-0.1, -0.05) is 46.4 Å². The molecule has 0 saturated carbocycles. The van der Waals surface area contributed by atoms with Gasteiger partial charge >= 0.3 is 0 Å². The van der Waals surface area contributed by atoms with Gasteiger partial charge in [-0.25, -0.2) is 18.1 Å². The number of halogens is 6. The Labute approximate surface area is 316 Å². The number of hydrogen-bond acceptors (Lipinski definition) is 4. The summed E-state index contributed by atoms with van der Waals surface area (Å²) in [6.45, 7) is 4.13. The Kier molecular flexibility index (Phi) is 9.07. The number of hydrogen-bond donors (Lipinski definition) is 0. The van der Waals surface area contributed by atoms with Crippen LogP contribution in [0.1, 0.15) is 69.1 Å². The lowest BCUT2D eigenvalue weighted by molar-refractivity contribution is 0.707. The van der Waals surface area contributed by atoms with Crippen molar-refractivity contribution >= 4 is 80.7 Å². The minimum absolute atomic E-state index is 0.326. The molecule has 0 atom stereocenters. The van der Waals surface area contributed by atoms with Crippen molar-refractivity contribution in [2.75, 3.05) is 0 Å². The molecule has 2 aliphatic rings. The molecule has 12 heteroatoms. The number of aromatic nitrogens is 4. The number of rotatable bonds is 9. The maximum Gasteiger partial charge on any atom is 0.147 e. The first-order valence-electron chi connectivity index (χ1n) is 16.1. The van der Waals surface area contributed by atoms with E-state index in [0.717, 1.165) is 32.3 Å². The summed E-state index contributed by atoms with van der Waals surface area (Å²) in [4.78, 5) is 4.55. The van der Waals surface area contributed by atoms with Crippen LogP contribution in [0.5, 0.6) is 0 Å². The lowest BCUT2D eigenvalue weighted by atomic mass is 10.1. The van der Waals surface area contributed by atoms with E-state index in [1.165, 1.54) is 20.9 Å². The lowest BCUT2D eigenvalue weighted by Gasteiger charge is -2.08. The van der Waals surface area contributed by atoms with Gasteiger partial charge in [0.05, 0.1) is 42.6 Å². The maximum absolute atomic E-state index is 15.8. The van der Waals surface area contributed by atoms with Crippen LogP contribution < -0.4 is 0 Å². The second kappa shape index (κ2) is 13.4. The average Bonchev–Trinajstić information content (AvgIpc) is 3.88. The zero-order valence-corrected chi connectivity index (χ0v) is 31.5. The fourth-order valence-corrected chi connectivity index (χ4v) is 10.0. The number of benzene rings is 2. The molecule has 4 nitrogen and oxygen atoms in total. The van der Waals surface area contributed by atoms with Gasteiger partial charge in [0.25, 0.3) is 0 Å². The van der Waals surface area contributed by atoms with Crippen LogP contribution in [-0.4, -0.2) is 19.6 Å². The first-order valence-corrected chi connectivity index (χ1v) is 19.3. The van der Waals surface area contributed by atoms with Gasteiger partial charge in [0.1, 0.15) is 23.0 Å². The van der Waals surface area contributed by atoms with Gasteiger partial charge < -0.3 is 0 Å². The molecule has 0 fully saturated rings. The van der Waals surface area contributed by atoms with Crippen molar-refractivity contribution in [2.24, 2.45) is 0 Å². The van der Waals surface area contributed by atoms with Crippen molar-refractivity contribution in [1.29, 1.82) is 0 Å². The van der Waals surface area contributed by atoms with Crippen molar-refractivity contribution in [1.82, 2.24) is 19.6 Å². The van der Waals surface area contributed by atoms with E-state index in [2.05, 4.69) is 26.0 Å². The topological polar surface area (TPSA) is 35.6 Å². The molecule has 4 aromatic heterocycles. The van der Waals surface area contributed by atoms with Crippen LogP contribution in [0.3, 0.4) is 0 Å². The highest BCUT2D eigenvalue weighted by Crippen LogP contribution is 2.48. The Bertz CT molecular complexity index is 2230. The van der Waals surface area contributed by atoms with E-state index in [-0.39, 0.29) is 11.7 Å². The number of allylic oxidation sites excluding steroid dienone is 2. The number of thiophene rings is 2. The third-order valence-corrected chi connectivity index (χ3v) is 12.3. The van der Waals surface area contributed by atoms with Crippen molar-refractivity contribution in [3.63, 3.8) is 0 Å². The Morgan fingerprint density at radius 1 is 0.680 bits per heavy atom. The third kappa shape index (κ3) is 5.98. The molecule has 50 heavy (non-hydrogen) atoms. The smallest absolute Gasteiger partial charge is 0.147 e. The van der Waals surface area contributed by atoms with E-state index in [1.54, 1.807) is 80.6 Å². The van der Waals surface area contributed by atoms with Crippen LogP contribution in [0, 0.1) is 13.8 Å². The Hall–Kier alpha value is -3.24. The van der Waals surface area contributed by atoms with E-state index < -0.39 is 0 Å². The van der Waals surface area contributed by atoms with Crippen molar-refractivity contribution in [2.45, 2.75) is 52.4 Å². The van der Waals surface area contributed by atoms with Gasteiger partial charge in [-0.3, -0.25) is 0 Å². The maximum atomic E-state index is 15.8. The molecule has 0 bridgehead atoms. The zero-order valence-electron chi connectivity index (χ0n) is 26.9. The van der Waals surface area contributed by atoms with Crippen LogP contribution >= 0.6 is 69.1 Å². The normalized spacial score (nSPS) is 13.6. The summed E-state index contributed by atoms with van der Waals surface area (Å²) < 4.78 is 35.1.